The quantitative estimate of drug-likeness (QED) is 0.518. The van der Waals surface area contributed by atoms with Crippen LogP contribution in [0.4, 0.5) is 24.5 Å². The van der Waals surface area contributed by atoms with Gasteiger partial charge in [0.25, 0.3) is 0 Å². The number of nitrogens with zero attached hydrogens (tertiary/aromatic N) is 1. The van der Waals surface area contributed by atoms with Gasteiger partial charge in [-0.2, -0.15) is 13.2 Å². The van der Waals surface area contributed by atoms with Crippen LogP contribution < -0.4 is 10.1 Å². The number of ether oxygens (including phenoxy) is 1. The largest absolute Gasteiger partial charge is 0.477 e. The van der Waals surface area contributed by atoms with E-state index in [1.54, 1.807) is 0 Å². The molecule has 21 heavy (non-hydrogen) atoms. The highest BCUT2D eigenvalue weighted by atomic mass is 19.4. The van der Waals surface area contributed by atoms with Crippen molar-refractivity contribution in [1.29, 1.82) is 0 Å². The molecule has 0 fully saturated rings. The molecule has 0 spiro atoms. The Bertz CT molecular complexity index is 495. The van der Waals surface area contributed by atoms with Gasteiger partial charge in [0.15, 0.2) is 12.4 Å². The topological polar surface area (TPSA) is 105 Å². The van der Waals surface area contributed by atoms with Gasteiger partial charge >= 0.3 is 11.9 Å². The van der Waals surface area contributed by atoms with Crippen molar-refractivity contribution in [2.75, 3.05) is 25.1 Å². The maximum absolute atomic E-state index is 12.0. The van der Waals surface area contributed by atoms with Gasteiger partial charge in [0, 0.05) is 18.3 Å². The maximum atomic E-state index is 12.0. The molecule has 1 aromatic carbocycles. The SMILES string of the molecule is O=[N+]([O-])c1cc(NCC(O)CO)ccc1OCC(F)(F)F. The molecule has 0 amide bonds. The zero-order valence-corrected chi connectivity index (χ0v) is 10.6. The van der Waals surface area contributed by atoms with Crippen LogP contribution in [-0.4, -0.2) is 47.2 Å². The van der Waals surface area contributed by atoms with Gasteiger partial charge in [0.05, 0.1) is 17.6 Å². The fourth-order valence-corrected chi connectivity index (χ4v) is 1.35. The Labute approximate surface area is 117 Å². The molecule has 10 heteroatoms. The number of nitro benzene ring substituents is 1. The van der Waals surface area contributed by atoms with Gasteiger partial charge in [0.2, 0.25) is 0 Å². The van der Waals surface area contributed by atoms with E-state index in [-0.39, 0.29) is 12.2 Å². The number of halogens is 3. The lowest BCUT2D eigenvalue weighted by molar-refractivity contribution is -0.386. The number of hydrogen-bond donors (Lipinski definition) is 3. The Balaban J connectivity index is 2.84. The molecule has 0 aromatic heterocycles. The molecule has 118 valence electrons. The molecular formula is C11H13F3N2O5. The number of benzene rings is 1. The predicted octanol–water partition coefficient (Wildman–Crippen LogP) is 1.30. The van der Waals surface area contributed by atoms with Crippen molar-refractivity contribution in [2.45, 2.75) is 12.3 Å². The average Bonchev–Trinajstić information content (AvgIpc) is 2.41. The molecule has 0 radical (unpaired) electrons. The second-order valence-corrected chi connectivity index (χ2v) is 4.06. The van der Waals surface area contributed by atoms with E-state index in [1.165, 1.54) is 6.07 Å². The van der Waals surface area contributed by atoms with Gasteiger partial charge in [0.1, 0.15) is 0 Å². The van der Waals surface area contributed by atoms with Crippen LogP contribution in [0.15, 0.2) is 18.2 Å². The maximum Gasteiger partial charge on any atom is 0.422 e. The second-order valence-electron chi connectivity index (χ2n) is 4.06. The summed E-state index contributed by atoms with van der Waals surface area (Å²) < 4.78 is 40.5. The standard InChI is InChI=1S/C11H13F3N2O5/c12-11(13,14)6-21-10-2-1-7(3-9(10)16(19)20)15-4-8(18)5-17/h1-3,8,15,17-18H,4-6H2. The lowest BCUT2D eigenvalue weighted by Crippen LogP contribution is -2.23. The van der Waals surface area contributed by atoms with E-state index in [1.807, 2.05) is 0 Å². The second kappa shape index (κ2) is 7.09. The van der Waals surface area contributed by atoms with Crippen LogP contribution in [0.25, 0.3) is 0 Å². The Kier molecular flexibility index (Phi) is 5.73. The first-order chi connectivity index (χ1) is 9.73. The van der Waals surface area contributed by atoms with E-state index in [2.05, 4.69) is 10.1 Å². The molecule has 0 aliphatic carbocycles. The van der Waals surface area contributed by atoms with Gasteiger partial charge in [-0.15, -0.1) is 0 Å². The molecule has 0 saturated carbocycles. The molecule has 0 heterocycles. The molecule has 0 aliphatic rings. The number of aliphatic hydroxyl groups excluding tert-OH is 2. The monoisotopic (exact) mass is 310 g/mol. The number of alkyl halides is 3. The predicted molar refractivity (Wildman–Crippen MR) is 66.2 cm³/mol. The summed E-state index contributed by atoms with van der Waals surface area (Å²) in [5.41, 5.74) is -0.434. The molecule has 7 nitrogen and oxygen atoms in total. The van der Waals surface area contributed by atoms with E-state index >= 15 is 0 Å². The van der Waals surface area contributed by atoms with Crippen LogP contribution in [0, 0.1) is 10.1 Å². The van der Waals surface area contributed by atoms with Gasteiger partial charge in [-0.3, -0.25) is 10.1 Å². The van der Waals surface area contributed by atoms with Crippen molar-refractivity contribution >= 4 is 11.4 Å². The third-order valence-corrected chi connectivity index (χ3v) is 2.30. The van der Waals surface area contributed by atoms with Crippen LogP contribution in [0.5, 0.6) is 5.75 Å². The van der Waals surface area contributed by atoms with Crippen molar-refractivity contribution in [3.63, 3.8) is 0 Å². The molecule has 1 aromatic rings. The van der Waals surface area contributed by atoms with Crippen molar-refractivity contribution < 1.29 is 33.0 Å². The normalized spacial score (nSPS) is 12.8. The highest BCUT2D eigenvalue weighted by molar-refractivity contribution is 5.58. The minimum Gasteiger partial charge on any atom is -0.477 e. The fourth-order valence-electron chi connectivity index (χ4n) is 1.35. The number of nitro groups is 1. The smallest absolute Gasteiger partial charge is 0.422 e. The van der Waals surface area contributed by atoms with Crippen molar-refractivity contribution in [3.8, 4) is 5.75 Å². The molecule has 0 saturated heterocycles. The summed E-state index contributed by atoms with van der Waals surface area (Å²) in [6, 6.07) is 3.27. The van der Waals surface area contributed by atoms with Crippen LogP contribution in [-0.2, 0) is 0 Å². The van der Waals surface area contributed by atoms with Crippen molar-refractivity contribution in [1.82, 2.24) is 0 Å². The highest BCUT2D eigenvalue weighted by Gasteiger charge is 2.30. The number of hydrogen-bond acceptors (Lipinski definition) is 6. The number of nitrogens with one attached hydrogen (secondary N) is 1. The van der Waals surface area contributed by atoms with Gasteiger partial charge < -0.3 is 20.3 Å². The molecule has 3 N–H and O–H groups in total. The van der Waals surface area contributed by atoms with E-state index in [0.717, 1.165) is 12.1 Å². The Hall–Kier alpha value is -2.07. The molecule has 1 atom stereocenters. The fraction of sp³-hybridized carbons (Fsp3) is 0.455. The molecule has 0 aliphatic heterocycles. The average molecular weight is 310 g/mol. The van der Waals surface area contributed by atoms with Gasteiger partial charge in [-0.25, -0.2) is 0 Å². The Morgan fingerprint density at radius 1 is 1.43 bits per heavy atom. The van der Waals surface area contributed by atoms with Crippen molar-refractivity contribution in [2.24, 2.45) is 0 Å². The van der Waals surface area contributed by atoms with E-state index in [9.17, 15) is 23.3 Å². The summed E-state index contributed by atoms with van der Waals surface area (Å²) in [7, 11) is 0. The van der Waals surface area contributed by atoms with Crippen LogP contribution >= 0.6 is 0 Å². The first-order valence-corrected chi connectivity index (χ1v) is 5.73. The lowest BCUT2D eigenvalue weighted by atomic mass is 10.2. The Morgan fingerprint density at radius 3 is 2.62 bits per heavy atom. The number of rotatable bonds is 7. The first kappa shape index (κ1) is 17.0. The van der Waals surface area contributed by atoms with E-state index in [4.69, 9.17) is 10.2 Å². The first-order valence-electron chi connectivity index (χ1n) is 5.73. The molecule has 0 bridgehead atoms. The summed E-state index contributed by atoms with van der Waals surface area (Å²) >= 11 is 0. The summed E-state index contributed by atoms with van der Waals surface area (Å²) in [6.45, 7) is -2.21. The minimum atomic E-state index is -4.60. The number of aliphatic hydroxyl groups is 2. The molecular weight excluding hydrogens is 297 g/mol. The van der Waals surface area contributed by atoms with Crippen LogP contribution in [0.3, 0.4) is 0 Å². The summed E-state index contributed by atoms with van der Waals surface area (Å²) in [5.74, 6) is -0.509. The third kappa shape index (κ3) is 5.83. The lowest BCUT2D eigenvalue weighted by Gasteiger charge is -2.12. The zero-order valence-electron chi connectivity index (χ0n) is 10.6. The van der Waals surface area contributed by atoms with Crippen LogP contribution in [0.2, 0.25) is 0 Å². The summed E-state index contributed by atoms with van der Waals surface area (Å²) in [5, 5.41) is 31.2. The number of anilines is 1. The molecule has 1 unspecified atom stereocenters. The summed E-state index contributed by atoms with van der Waals surface area (Å²) in [4.78, 5) is 9.94. The zero-order chi connectivity index (χ0) is 16.0. The third-order valence-electron chi connectivity index (χ3n) is 2.30. The highest BCUT2D eigenvalue weighted by Crippen LogP contribution is 2.31. The Morgan fingerprint density at radius 2 is 2.10 bits per heavy atom. The van der Waals surface area contributed by atoms with E-state index < -0.39 is 41.9 Å². The van der Waals surface area contributed by atoms with Gasteiger partial charge in [-0.1, -0.05) is 0 Å². The van der Waals surface area contributed by atoms with E-state index in [0.29, 0.717) is 0 Å². The minimum absolute atomic E-state index is 0.0730. The van der Waals surface area contributed by atoms with Crippen molar-refractivity contribution in [3.05, 3.63) is 28.3 Å². The van der Waals surface area contributed by atoms with Crippen LogP contribution in [0.1, 0.15) is 0 Å². The summed E-state index contributed by atoms with van der Waals surface area (Å²) in [6.07, 6.45) is -5.67. The van der Waals surface area contributed by atoms with Gasteiger partial charge in [-0.05, 0) is 12.1 Å². The molecule has 1 rings (SSSR count).